The van der Waals surface area contributed by atoms with Gasteiger partial charge in [-0.1, -0.05) is 12.1 Å². The summed E-state index contributed by atoms with van der Waals surface area (Å²) in [5, 5.41) is 12.4. The summed E-state index contributed by atoms with van der Waals surface area (Å²) in [6, 6.07) is 6.53. The summed E-state index contributed by atoms with van der Waals surface area (Å²) in [4.78, 5) is 0.361. The lowest BCUT2D eigenvalue weighted by atomic mass is 10.1. The molecule has 0 spiro atoms. The van der Waals surface area contributed by atoms with Gasteiger partial charge in [-0.15, -0.1) is 0 Å². The fourth-order valence-electron chi connectivity index (χ4n) is 1.76. The molecular formula is C12H17NO3S. The summed E-state index contributed by atoms with van der Waals surface area (Å²) in [5.41, 5.74) is 0.731. The van der Waals surface area contributed by atoms with Gasteiger partial charge in [0.15, 0.2) is 9.84 Å². The second-order valence-electron chi connectivity index (χ2n) is 4.39. The van der Waals surface area contributed by atoms with Crippen molar-refractivity contribution in [1.82, 2.24) is 5.32 Å². The Morgan fingerprint density at radius 2 is 1.94 bits per heavy atom. The lowest BCUT2D eigenvalue weighted by Gasteiger charge is -2.11. The first-order chi connectivity index (χ1) is 8.05. The van der Waals surface area contributed by atoms with Crippen molar-refractivity contribution in [3.8, 4) is 0 Å². The van der Waals surface area contributed by atoms with E-state index in [9.17, 15) is 13.5 Å². The van der Waals surface area contributed by atoms with E-state index in [0.717, 1.165) is 18.4 Å². The van der Waals surface area contributed by atoms with Gasteiger partial charge < -0.3 is 10.4 Å². The highest BCUT2D eigenvalue weighted by Crippen LogP contribution is 2.33. The molecule has 1 atom stereocenters. The molecule has 2 rings (SSSR count). The van der Waals surface area contributed by atoms with E-state index in [1.54, 1.807) is 31.3 Å². The molecule has 0 heterocycles. The van der Waals surface area contributed by atoms with Crippen LogP contribution < -0.4 is 5.32 Å². The van der Waals surface area contributed by atoms with Crippen molar-refractivity contribution >= 4 is 9.84 Å². The van der Waals surface area contributed by atoms with Gasteiger partial charge in [0.05, 0.1) is 16.2 Å². The van der Waals surface area contributed by atoms with Gasteiger partial charge in [-0.05, 0) is 37.6 Å². The van der Waals surface area contributed by atoms with Crippen molar-refractivity contribution in [3.05, 3.63) is 29.8 Å². The van der Waals surface area contributed by atoms with Crippen LogP contribution in [0.5, 0.6) is 0 Å². The number of sulfone groups is 1. The smallest absolute Gasteiger partial charge is 0.181 e. The van der Waals surface area contributed by atoms with Crippen molar-refractivity contribution in [1.29, 1.82) is 0 Å². The Morgan fingerprint density at radius 3 is 2.41 bits per heavy atom. The van der Waals surface area contributed by atoms with Crippen LogP contribution in [0.3, 0.4) is 0 Å². The zero-order valence-corrected chi connectivity index (χ0v) is 10.6. The van der Waals surface area contributed by atoms with Crippen LogP contribution in [-0.2, 0) is 9.84 Å². The van der Waals surface area contributed by atoms with Gasteiger partial charge in [-0.25, -0.2) is 8.42 Å². The predicted molar refractivity (Wildman–Crippen MR) is 65.5 cm³/mol. The van der Waals surface area contributed by atoms with E-state index in [1.165, 1.54) is 0 Å². The molecule has 0 bridgehead atoms. The van der Waals surface area contributed by atoms with E-state index in [0.29, 0.717) is 11.4 Å². The average Bonchev–Trinajstić information content (AvgIpc) is 3.13. The van der Waals surface area contributed by atoms with Crippen molar-refractivity contribution in [3.63, 3.8) is 0 Å². The van der Waals surface area contributed by atoms with Crippen LogP contribution in [0.15, 0.2) is 29.2 Å². The minimum Gasteiger partial charge on any atom is -0.387 e. The van der Waals surface area contributed by atoms with Crippen molar-refractivity contribution < 1.29 is 13.5 Å². The number of hydrogen-bond acceptors (Lipinski definition) is 4. The van der Waals surface area contributed by atoms with Gasteiger partial charge in [0.2, 0.25) is 0 Å². The normalized spacial score (nSPS) is 18.0. The third kappa shape index (κ3) is 2.68. The topological polar surface area (TPSA) is 66.4 Å². The summed E-state index contributed by atoms with van der Waals surface area (Å²) >= 11 is 0. The average molecular weight is 255 g/mol. The number of nitrogens with one attached hydrogen (secondary N) is 1. The quantitative estimate of drug-likeness (QED) is 0.819. The second-order valence-corrected chi connectivity index (χ2v) is 6.61. The zero-order valence-electron chi connectivity index (χ0n) is 9.76. The monoisotopic (exact) mass is 255 g/mol. The first-order valence-electron chi connectivity index (χ1n) is 5.72. The Balaban J connectivity index is 2.18. The largest absolute Gasteiger partial charge is 0.387 e. The maximum Gasteiger partial charge on any atom is 0.181 e. The molecule has 1 saturated carbocycles. The Hall–Kier alpha value is -0.910. The van der Waals surface area contributed by atoms with Crippen molar-refractivity contribution in [2.75, 3.05) is 13.6 Å². The van der Waals surface area contributed by atoms with E-state index in [4.69, 9.17) is 0 Å². The molecule has 17 heavy (non-hydrogen) atoms. The van der Waals surface area contributed by atoms with Crippen molar-refractivity contribution in [2.24, 2.45) is 0 Å². The number of benzene rings is 1. The second kappa shape index (κ2) is 4.76. The van der Waals surface area contributed by atoms with Crippen LogP contribution in [0.4, 0.5) is 0 Å². The molecule has 0 saturated heterocycles. The van der Waals surface area contributed by atoms with Crippen LogP contribution in [0.1, 0.15) is 24.5 Å². The van der Waals surface area contributed by atoms with Gasteiger partial charge in [0, 0.05) is 6.54 Å². The lowest BCUT2D eigenvalue weighted by molar-refractivity contribution is 0.177. The van der Waals surface area contributed by atoms with Crippen molar-refractivity contribution in [2.45, 2.75) is 29.1 Å². The molecule has 4 nitrogen and oxygen atoms in total. The summed E-state index contributed by atoms with van der Waals surface area (Å²) in [5.74, 6) is 0. The fraction of sp³-hybridized carbons (Fsp3) is 0.500. The molecule has 0 radical (unpaired) electrons. The first kappa shape index (κ1) is 12.5. The van der Waals surface area contributed by atoms with Gasteiger partial charge >= 0.3 is 0 Å². The molecule has 1 fully saturated rings. The molecule has 1 aromatic carbocycles. The maximum absolute atomic E-state index is 11.9. The highest BCUT2D eigenvalue weighted by atomic mass is 32.2. The summed E-state index contributed by atoms with van der Waals surface area (Å²) in [6.45, 7) is 0.453. The van der Waals surface area contributed by atoms with E-state index < -0.39 is 15.9 Å². The molecule has 0 amide bonds. The van der Waals surface area contributed by atoms with E-state index in [2.05, 4.69) is 5.32 Å². The van der Waals surface area contributed by atoms with Gasteiger partial charge in [0.25, 0.3) is 0 Å². The van der Waals surface area contributed by atoms with Crippen LogP contribution in [-0.4, -0.2) is 32.4 Å². The number of aliphatic hydroxyl groups is 1. The molecule has 1 aromatic rings. The maximum atomic E-state index is 11.9. The Bertz CT molecular complexity index is 477. The third-order valence-electron chi connectivity index (χ3n) is 2.95. The molecule has 0 aliphatic heterocycles. The Labute approximate surface area is 102 Å². The zero-order chi connectivity index (χ0) is 12.5. The van der Waals surface area contributed by atoms with Gasteiger partial charge in [-0.3, -0.25) is 0 Å². The SMILES string of the molecule is CNCC(O)c1ccc(S(=O)(=O)C2CC2)cc1. The molecule has 2 N–H and O–H groups in total. The van der Waals surface area contributed by atoms with Crippen LogP contribution in [0.2, 0.25) is 0 Å². The number of hydrogen-bond donors (Lipinski definition) is 2. The van der Waals surface area contributed by atoms with E-state index in [1.807, 2.05) is 0 Å². The number of rotatable bonds is 5. The highest BCUT2D eigenvalue weighted by molar-refractivity contribution is 7.92. The fourth-order valence-corrected chi connectivity index (χ4v) is 3.42. The first-order valence-corrected chi connectivity index (χ1v) is 7.27. The van der Waals surface area contributed by atoms with Crippen LogP contribution in [0.25, 0.3) is 0 Å². The van der Waals surface area contributed by atoms with Crippen LogP contribution >= 0.6 is 0 Å². The Morgan fingerprint density at radius 1 is 1.35 bits per heavy atom. The minimum atomic E-state index is -3.12. The summed E-state index contributed by atoms with van der Waals surface area (Å²) in [6.07, 6.45) is 0.941. The summed E-state index contributed by atoms with van der Waals surface area (Å²) in [7, 11) is -1.36. The summed E-state index contributed by atoms with van der Waals surface area (Å²) < 4.78 is 23.9. The number of likely N-dealkylation sites (N-methyl/N-ethyl adjacent to an activating group) is 1. The molecule has 94 valence electrons. The standard InChI is InChI=1S/C12H17NO3S/c1-13-8-12(14)9-2-4-10(5-3-9)17(15,16)11-6-7-11/h2-5,11-14H,6-8H2,1H3. The van der Waals surface area contributed by atoms with Crippen LogP contribution in [0, 0.1) is 0 Å². The third-order valence-corrected chi connectivity index (χ3v) is 5.23. The molecule has 1 aliphatic carbocycles. The minimum absolute atomic E-state index is 0.185. The van der Waals surface area contributed by atoms with E-state index in [-0.39, 0.29) is 5.25 Å². The Kier molecular flexibility index (Phi) is 3.51. The molecule has 0 aromatic heterocycles. The van der Waals surface area contributed by atoms with Gasteiger partial charge in [-0.2, -0.15) is 0 Å². The lowest BCUT2D eigenvalue weighted by Crippen LogP contribution is -2.16. The van der Waals surface area contributed by atoms with Gasteiger partial charge in [0.1, 0.15) is 0 Å². The highest BCUT2D eigenvalue weighted by Gasteiger charge is 2.36. The molecular weight excluding hydrogens is 238 g/mol. The molecule has 1 aliphatic rings. The van der Waals surface area contributed by atoms with E-state index >= 15 is 0 Å². The molecule has 5 heteroatoms. The molecule has 1 unspecified atom stereocenters. The predicted octanol–water partition coefficient (Wildman–Crippen LogP) is 0.876. The number of aliphatic hydroxyl groups excluding tert-OH is 1.